The molecule has 0 spiro atoms. The van der Waals surface area contributed by atoms with Gasteiger partial charge in [-0.1, -0.05) is 41.4 Å². The first kappa shape index (κ1) is 24.4. The molecule has 178 valence electrons. The van der Waals surface area contributed by atoms with E-state index >= 15 is 0 Å². The van der Waals surface area contributed by atoms with Crippen molar-refractivity contribution in [1.82, 2.24) is 10.4 Å². The largest absolute Gasteiger partial charge is 0.271 e. The molecule has 0 saturated heterocycles. The molecule has 0 fully saturated rings. The third kappa shape index (κ3) is 5.34. The summed E-state index contributed by atoms with van der Waals surface area (Å²) in [6, 6.07) is 20.5. The highest BCUT2D eigenvalue weighted by Gasteiger charge is 2.21. The number of amides is 1. The van der Waals surface area contributed by atoms with Crippen LogP contribution in [-0.2, 0) is 10.0 Å². The number of carbonyl (C=O) groups is 1. The van der Waals surface area contributed by atoms with Gasteiger partial charge in [-0.2, -0.15) is 5.10 Å². The molecule has 4 rings (SSSR count). The van der Waals surface area contributed by atoms with Crippen molar-refractivity contribution in [2.24, 2.45) is 5.10 Å². The van der Waals surface area contributed by atoms with Crippen LogP contribution in [0.15, 0.2) is 82.8 Å². The van der Waals surface area contributed by atoms with E-state index in [1.54, 1.807) is 36.4 Å². The fourth-order valence-electron chi connectivity index (χ4n) is 3.42. The van der Waals surface area contributed by atoms with Gasteiger partial charge in [0.1, 0.15) is 5.15 Å². The van der Waals surface area contributed by atoms with Gasteiger partial charge in [0.15, 0.2) is 0 Å². The summed E-state index contributed by atoms with van der Waals surface area (Å²) >= 11 is 6.25. The number of halogens is 1. The number of nitrogens with zero attached hydrogens (tertiary/aromatic N) is 3. The van der Waals surface area contributed by atoms with E-state index in [2.05, 4.69) is 15.5 Å². The number of hydrazone groups is 1. The molecule has 9 heteroatoms. The van der Waals surface area contributed by atoms with Gasteiger partial charge in [0.2, 0.25) is 0 Å². The minimum Gasteiger partial charge on any atom is -0.269 e. The van der Waals surface area contributed by atoms with Crippen molar-refractivity contribution in [3.8, 4) is 0 Å². The van der Waals surface area contributed by atoms with E-state index in [1.807, 2.05) is 38.1 Å². The SMILES string of the molecule is Cc1ccc(S(=O)(=O)N(C)c2ccc(C(=O)N/N=C\c3cc4ccc(C)cc4nc3Cl)cc2)cc1. The monoisotopic (exact) mass is 506 g/mol. The predicted molar refractivity (Wildman–Crippen MR) is 140 cm³/mol. The molecule has 1 heterocycles. The molecule has 0 radical (unpaired) electrons. The Balaban J connectivity index is 1.45. The van der Waals surface area contributed by atoms with Gasteiger partial charge in [-0.25, -0.2) is 18.8 Å². The van der Waals surface area contributed by atoms with Gasteiger partial charge in [0.05, 0.1) is 22.3 Å². The molecule has 0 saturated carbocycles. The highest BCUT2D eigenvalue weighted by atomic mass is 35.5. The van der Waals surface area contributed by atoms with Gasteiger partial charge >= 0.3 is 0 Å². The maximum absolute atomic E-state index is 12.9. The minimum absolute atomic E-state index is 0.193. The molecule has 0 aliphatic carbocycles. The first-order valence-corrected chi connectivity index (χ1v) is 12.5. The fourth-order valence-corrected chi connectivity index (χ4v) is 4.81. The Labute approximate surface area is 209 Å². The third-order valence-electron chi connectivity index (χ3n) is 5.50. The van der Waals surface area contributed by atoms with Crippen LogP contribution < -0.4 is 9.73 Å². The summed E-state index contributed by atoms with van der Waals surface area (Å²) in [4.78, 5) is 17.1. The Morgan fingerprint density at radius 1 is 0.971 bits per heavy atom. The lowest BCUT2D eigenvalue weighted by atomic mass is 10.1. The number of hydrogen-bond acceptors (Lipinski definition) is 5. The number of aromatic nitrogens is 1. The third-order valence-corrected chi connectivity index (χ3v) is 7.60. The summed E-state index contributed by atoms with van der Waals surface area (Å²) in [5.41, 5.74) is 6.61. The molecule has 0 atom stereocenters. The quantitative estimate of drug-likeness (QED) is 0.224. The normalized spacial score (nSPS) is 11.7. The van der Waals surface area contributed by atoms with Crippen LogP contribution in [0.2, 0.25) is 5.15 Å². The number of hydrogen-bond donors (Lipinski definition) is 1. The predicted octanol–water partition coefficient (Wildman–Crippen LogP) is 5.09. The minimum atomic E-state index is -3.72. The molecule has 1 aromatic heterocycles. The molecule has 1 amide bonds. The maximum Gasteiger partial charge on any atom is 0.271 e. The maximum atomic E-state index is 12.9. The van der Waals surface area contributed by atoms with Gasteiger partial charge in [-0.3, -0.25) is 9.10 Å². The number of rotatable bonds is 6. The Morgan fingerprint density at radius 3 is 2.31 bits per heavy atom. The van der Waals surface area contributed by atoms with Crippen molar-refractivity contribution in [3.05, 3.63) is 100 Å². The van der Waals surface area contributed by atoms with Crippen LogP contribution in [0.4, 0.5) is 5.69 Å². The topological polar surface area (TPSA) is 91.7 Å². The molecule has 0 bridgehead atoms. The van der Waals surface area contributed by atoms with Crippen LogP contribution in [0.25, 0.3) is 10.9 Å². The molecule has 4 aromatic rings. The van der Waals surface area contributed by atoms with Gasteiger partial charge in [0.25, 0.3) is 15.9 Å². The van der Waals surface area contributed by atoms with Crippen LogP contribution in [0.1, 0.15) is 27.0 Å². The van der Waals surface area contributed by atoms with Gasteiger partial charge in [-0.15, -0.1) is 0 Å². The lowest BCUT2D eigenvalue weighted by Crippen LogP contribution is -2.26. The zero-order valence-corrected chi connectivity index (χ0v) is 20.9. The molecular formula is C26H23ClN4O3S. The molecule has 35 heavy (non-hydrogen) atoms. The van der Waals surface area contributed by atoms with Gasteiger partial charge in [0, 0.05) is 23.6 Å². The summed E-state index contributed by atoms with van der Waals surface area (Å²) in [5, 5.41) is 5.18. The standard InChI is InChI=1S/C26H23ClN4O3S/c1-17-5-12-23(13-6-17)35(33,34)31(3)22-10-8-19(9-11-22)26(32)30-28-16-21-15-20-7-4-18(2)14-24(20)29-25(21)27/h4-16H,1-3H3,(H,30,32)/b28-16-. The van der Waals surface area contributed by atoms with Gasteiger partial charge in [-0.05, 0) is 67.9 Å². The van der Waals surface area contributed by atoms with Crippen molar-refractivity contribution in [1.29, 1.82) is 0 Å². The Morgan fingerprint density at radius 2 is 1.63 bits per heavy atom. The number of carbonyl (C=O) groups excluding carboxylic acids is 1. The second-order valence-corrected chi connectivity index (χ2v) is 10.4. The molecule has 7 nitrogen and oxygen atoms in total. The van der Waals surface area contributed by atoms with E-state index in [1.165, 1.54) is 29.7 Å². The summed E-state index contributed by atoms with van der Waals surface area (Å²) in [5.74, 6) is -0.447. The molecule has 0 aliphatic heterocycles. The first-order valence-electron chi connectivity index (χ1n) is 10.7. The van der Waals surface area contributed by atoms with Crippen LogP contribution >= 0.6 is 11.6 Å². The number of nitrogens with one attached hydrogen (secondary N) is 1. The fraction of sp³-hybridized carbons (Fsp3) is 0.115. The number of aryl methyl sites for hydroxylation is 2. The summed E-state index contributed by atoms with van der Waals surface area (Å²) in [6.45, 7) is 3.87. The lowest BCUT2D eigenvalue weighted by molar-refractivity contribution is 0.0955. The molecule has 1 N–H and O–H groups in total. The number of sulfonamides is 1. The van der Waals surface area contributed by atoms with Crippen LogP contribution in [0, 0.1) is 13.8 Å². The molecule has 0 unspecified atom stereocenters. The molecule has 3 aromatic carbocycles. The lowest BCUT2D eigenvalue weighted by Gasteiger charge is -2.19. The molecule has 0 aliphatic rings. The second-order valence-electron chi connectivity index (χ2n) is 8.10. The second kappa shape index (κ2) is 9.85. The van der Waals surface area contributed by atoms with Crippen LogP contribution in [-0.4, -0.2) is 32.6 Å². The first-order chi connectivity index (χ1) is 16.6. The number of anilines is 1. The summed E-state index contributed by atoms with van der Waals surface area (Å²) < 4.78 is 26.9. The van der Waals surface area contributed by atoms with E-state index in [0.29, 0.717) is 16.8 Å². The average molecular weight is 507 g/mol. The Bertz CT molecular complexity index is 1530. The summed E-state index contributed by atoms with van der Waals surface area (Å²) in [6.07, 6.45) is 1.43. The smallest absolute Gasteiger partial charge is 0.269 e. The van der Waals surface area contributed by atoms with Crippen molar-refractivity contribution in [2.45, 2.75) is 18.7 Å². The Hall–Kier alpha value is -3.75. The molecular weight excluding hydrogens is 484 g/mol. The van der Waals surface area contributed by atoms with Gasteiger partial charge < -0.3 is 0 Å². The van der Waals surface area contributed by atoms with Crippen LogP contribution in [0.3, 0.4) is 0 Å². The van der Waals surface area contributed by atoms with Crippen LogP contribution in [0.5, 0.6) is 0 Å². The van der Waals surface area contributed by atoms with E-state index in [-0.39, 0.29) is 10.0 Å². The number of benzene rings is 3. The number of pyridine rings is 1. The zero-order chi connectivity index (χ0) is 25.2. The average Bonchev–Trinajstić information content (AvgIpc) is 2.84. The number of fused-ring (bicyclic) bond motifs is 1. The highest BCUT2D eigenvalue weighted by molar-refractivity contribution is 7.92. The van der Waals surface area contributed by atoms with E-state index in [9.17, 15) is 13.2 Å². The zero-order valence-electron chi connectivity index (χ0n) is 19.4. The van der Waals surface area contributed by atoms with E-state index in [0.717, 1.165) is 22.0 Å². The van der Waals surface area contributed by atoms with Crippen molar-refractivity contribution in [2.75, 3.05) is 11.4 Å². The van der Waals surface area contributed by atoms with Crippen molar-refractivity contribution >= 4 is 50.3 Å². The van der Waals surface area contributed by atoms with E-state index < -0.39 is 15.9 Å². The Kier molecular flexibility index (Phi) is 6.86. The van der Waals surface area contributed by atoms with E-state index in [4.69, 9.17) is 11.6 Å². The highest BCUT2D eigenvalue weighted by Crippen LogP contribution is 2.23. The van der Waals surface area contributed by atoms with Crippen molar-refractivity contribution < 1.29 is 13.2 Å². The van der Waals surface area contributed by atoms with Crippen molar-refractivity contribution in [3.63, 3.8) is 0 Å². The summed E-state index contributed by atoms with van der Waals surface area (Å²) in [7, 11) is -2.25.